The largest absolute Gasteiger partial charge is 0.397 e. The van der Waals surface area contributed by atoms with Crippen molar-refractivity contribution in [2.75, 3.05) is 24.6 Å². The molecule has 0 aliphatic heterocycles. The van der Waals surface area contributed by atoms with Crippen LogP contribution in [-0.4, -0.2) is 26.8 Å². The summed E-state index contributed by atoms with van der Waals surface area (Å²) >= 11 is 5.81. The molecule has 84 valence electrons. The first-order chi connectivity index (χ1) is 6.84. The zero-order valence-electron chi connectivity index (χ0n) is 8.36. The molecule has 7 heteroatoms. The fourth-order valence-corrected chi connectivity index (χ4v) is 1.82. The summed E-state index contributed by atoms with van der Waals surface area (Å²) < 4.78 is 26.3. The third-order valence-electron chi connectivity index (χ3n) is 1.76. The highest BCUT2D eigenvalue weighted by Gasteiger charge is 2.16. The van der Waals surface area contributed by atoms with Gasteiger partial charge in [0.2, 0.25) is 0 Å². The Balaban J connectivity index is 3.11. The summed E-state index contributed by atoms with van der Waals surface area (Å²) in [5, 5.41) is 0.264. The maximum Gasteiger partial charge on any atom is 0.301 e. The Morgan fingerprint density at radius 3 is 2.47 bits per heavy atom. The topological polar surface area (TPSA) is 75.4 Å². The number of nitrogens with zero attached hydrogens (tertiary/aromatic N) is 1. The minimum atomic E-state index is -3.58. The number of hydrogen-bond acceptors (Lipinski definition) is 3. The third-order valence-corrected chi connectivity index (χ3v) is 3.50. The molecule has 0 amide bonds. The van der Waals surface area contributed by atoms with Crippen molar-refractivity contribution in [3.05, 3.63) is 23.2 Å². The molecule has 3 N–H and O–H groups in total. The molecule has 0 aromatic heterocycles. The number of nitrogens with one attached hydrogen (secondary N) is 1. The highest BCUT2D eigenvalue weighted by molar-refractivity contribution is 7.90. The Morgan fingerprint density at radius 2 is 2.00 bits per heavy atom. The van der Waals surface area contributed by atoms with E-state index in [9.17, 15) is 8.42 Å². The predicted molar refractivity (Wildman–Crippen MR) is 62.1 cm³/mol. The van der Waals surface area contributed by atoms with Gasteiger partial charge in [0.05, 0.1) is 16.4 Å². The summed E-state index contributed by atoms with van der Waals surface area (Å²) in [6, 6.07) is 4.77. The number of hydrogen-bond donors (Lipinski definition) is 2. The number of para-hydroxylation sites is 1. The molecule has 1 aromatic rings. The quantitative estimate of drug-likeness (QED) is 0.789. The van der Waals surface area contributed by atoms with E-state index in [-0.39, 0.29) is 16.4 Å². The van der Waals surface area contributed by atoms with Gasteiger partial charge >= 0.3 is 10.2 Å². The molecule has 15 heavy (non-hydrogen) atoms. The van der Waals surface area contributed by atoms with Crippen LogP contribution < -0.4 is 10.5 Å². The van der Waals surface area contributed by atoms with Crippen LogP contribution in [0.3, 0.4) is 0 Å². The van der Waals surface area contributed by atoms with Crippen LogP contribution in [0, 0.1) is 0 Å². The summed E-state index contributed by atoms with van der Waals surface area (Å²) in [5.41, 5.74) is 6.09. The fraction of sp³-hybridized carbons (Fsp3) is 0.250. The van der Waals surface area contributed by atoms with Gasteiger partial charge in [0.1, 0.15) is 0 Å². The van der Waals surface area contributed by atoms with Crippen LogP contribution >= 0.6 is 11.6 Å². The minimum absolute atomic E-state index is 0.202. The normalized spacial score (nSPS) is 11.7. The van der Waals surface area contributed by atoms with E-state index in [1.165, 1.54) is 14.1 Å². The van der Waals surface area contributed by atoms with Crippen molar-refractivity contribution < 1.29 is 8.42 Å². The van der Waals surface area contributed by atoms with Gasteiger partial charge in [0.15, 0.2) is 0 Å². The maximum atomic E-state index is 11.5. The van der Waals surface area contributed by atoms with Crippen LogP contribution in [0.25, 0.3) is 0 Å². The van der Waals surface area contributed by atoms with E-state index in [0.717, 1.165) is 4.31 Å². The summed E-state index contributed by atoms with van der Waals surface area (Å²) in [7, 11) is -0.753. The Bertz CT molecular complexity index is 439. The molecule has 0 radical (unpaired) electrons. The molecule has 5 nitrogen and oxygen atoms in total. The van der Waals surface area contributed by atoms with Crippen molar-refractivity contribution in [2.45, 2.75) is 0 Å². The highest BCUT2D eigenvalue weighted by atomic mass is 35.5. The van der Waals surface area contributed by atoms with Crippen LogP contribution in [-0.2, 0) is 10.2 Å². The molecular formula is C8H12ClN3O2S. The predicted octanol–water partition coefficient (Wildman–Crippen LogP) is 1.14. The molecule has 0 unspecified atom stereocenters. The lowest BCUT2D eigenvalue weighted by molar-refractivity contribution is 0.527. The average molecular weight is 250 g/mol. The lowest BCUT2D eigenvalue weighted by Crippen LogP contribution is -2.29. The van der Waals surface area contributed by atoms with Gasteiger partial charge in [-0.2, -0.15) is 12.7 Å². The first-order valence-electron chi connectivity index (χ1n) is 4.09. The minimum Gasteiger partial charge on any atom is -0.397 e. The van der Waals surface area contributed by atoms with E-state index in [2.05, 4.69) is 4.72 Å². The first kappa shape index (κ1) is 12.1. The SMILES string of the molecule is CN(C)S(=O)(=O)Nc1c(N)cccc1Cl. The molecule has 0 saturated heterocycles. The molecule has 0 aliphatic carbocycles. The van der Waals surface area contributed by atoms with E-state index < -0.39 is 10.2 Å². The number of halogens is 1. The summed E-state index contributed by atoms with van der Waals surface area (Å²) in [4.78, 5) is 0. The van der Waals surface area contributed by atoms with Crippen molar-refractivity contribution in [1.82, 2.24) is 4.31 Å². The smallest absolute Gasteiger partial charge is 0.301 e. The molecule has 0 atom stereocenters. The van der Waals surface area contributed by atoms with E-state index in [0.29, 0.717) is 0 Å². The van der Waals surface area contributed by atoms with Crippen molar-refractivity contribution in [3.8, 4) is 0 Å². The van der Waals surface area contributed by atoms with Crippen molar-refractivity contribution in [2.24, 2.45) is 0 Å². The van der Waals surface area contributed by atoms with Crippen LogP contribution in [0.4, 0.5) is 11.4 Å². The maximum absolute atomic E-state index is 11.5. The number of rotatable bonds is 3. The standard InChI is InChI=1S/C8H12ClN3O2S/c1-12(2)15(13,14)11-8-6(9)4-3-5-7(8)10/h3-5,11H,10H2,1-2H3. The highest BCUT2D eigenvalue weighted by Crippen LogP contribution is 2.28. The van der Waals surface area contributed by atoms with Gasteiger partial charge in [0, 0.05) is 14.1 Å². The lowest BCUT2D eigenvalue weighted by Gasteiger charge is -2.15. The van der Waals surface area contributed by atoms with Crippen molar-refractivity contribution >= 4 is 33.2 Å². The lowest BCUT2D eigenvalue weighted by atomic mass is 10.3. The fourth-order valence-electron chi connectivity index (χ4n) is 0.869. The van der Waals surface area contributed by atoms with Crippen molar-refractivity contribution in [1.29, 1.82) is 0 Å². The number of anilines is 2. The second-order valence-corrected chi connectivity index (χ2v) is 5.39. The zero-order chi connectivity index (χ0) is 11.6. The molecular weight excluding hydrogens is 238 g/mol. The second-order valence-electron chi connectivity index (χ2n) is 3.09. The zero-order valence-corrected chi connectivity index (χ0v) is 9.93. The van der Waals surface area contributed by atoms with E-state index >= 15 is 0 Å². The summed E-state index contributed by atoms with van der Waals surface area (Å²) in [5.74, 6) is 0. The first-order valence-corrected chi connectivity index (χ1v) is 5.90. The van der Waals surface area contributed by atoms with Crippen LogP contribution in [0.15, 0.2) is 18.2 Å². The van der Waals surface area contributed by atoms with Gasteiger partial charge < -0.3 is 5.73 Å². The Labute approximate surface area is 94.0 Å². The van der Waals surface area contributed by atoms with E-state index in [1.807, 2.05) is 0 Å². The van der Waals surface area contributed by atoms with Gasteiger partial charge in [-0.15, -0.1) is 0 Å². The molecule has 0 fully saturated rings. The monoisotopic (exact) mass is 249 g/mol. The summed E-state index contributed by atoms with van der Waals surface area (Å²) in [6.45, 7) is 0. The van der Waals surface area contributed by atoms with Gasteiger partial charge in [-0.1, -0.05) is 17.7 Å². The van der Waals surface area contributed by atoms with Gasteiger partial charge in [-0.3, -0.25) is 4.72 Å². The number of nitrogen functional groups attached to an aromatic ring is 1. The Morgan fingerprint density at radius 1 is 1.40 bits per heavy atom. The molecule has 0 bridgehead atoms. The second kappa shape index (κ2) is 4.26. The van der Waals surface area contributed by atoms with E-state index in [1.54, 1.807) is 18.2 Å². The Hall–Kier alpha value is -0.980. The van der Waals surface area contributed by atoms with Crippen LogP contribution in [0.5, 0.6) is 0 Å². The summed E-state index contributed by atoms with van der Waals surface area (Å²) in [6.07, 6.45) is 0. The molecule has 0 spiro atoms. The van der Waals surface area contributed by atoms with E-state index in [4.69, 9.17) is 17.3 Å². The molecule has 0 heterocycles. The average Bonchev–Trinajstić information content (AvgIpc) is 2.11. The number of benzene rings is 1. The molecule has 0 aliphatic rings. The van der Waals surface area contributed by atoms with Gasteiger partial charge in [0.25, 0.3) is 0 Å². The van der Waals surface area contributed by atoms with Crippen LogP contribution in [0.2, 0.25) is 5.02 Å². The molecule has 1 rings (SSSR count). The Kier molecular flexibility index (Phi) is 3.43. The molecule has 0 saturated carbocycles. The van der Waals surface area contributed by atoms with Gasteiger partial charge in [-0.25, -0.2) is 0 Å². The molecule has 1 aromatic carbocycles. The van der Waals surface area contributed by atoms with Gasteiger partial charge in [-0.05, 0) is 12.1 Å². The van der Waals surface area contributed by atoms with Crippen LogP contribution in [0.1, 0.15) is 0 Å². The number of nitrogens with two attached hydrogens (primary N) is 1. The van der Waals surface area contributed by atoms with Crippen molar-refractivity contribution in [3.63, 3.8) is 0 Å². The third kappa shape index (κ3) is 2.74.